The Balaban J connectivity index is 1.74. The molecule has 0 unspecified atom stereocenters. The summed E-state index contributed by atoms with van der Waals surface area (Å²) in [5, 5.41) is 20.2. The zero-order valence-electron chi connectivity index (χ0n) is 10.8. The molecule has 104 valence electrons. The van der Waals surface area contributed by atoms with Gasteiger partial charge < -0.3 is 10.4 Å². The molecule has 2 rings (SSSR count). The van der Waals surface area contributed by atoms with Crippen molar-refractivity contribution >= 4 is 23.6 Å². The van der Waals surface area contributed by atoms with Gasteiger partial charge in [-0.05, 0) is 30.5 Å². The Hall–Kier alpha value is -2.00. The molecule has 0 heterocycles. The first kappa shape index (κ1) is 14.4. The minimum Gasteiger partial charge on any atom is -0.480 e. The Morgan fingerprint density at radius 1 is 1.35 bits per heavy atom. The van der Waals surface area contributed by atoms with E-state index in [4.69, 9.17) is 10.4 Å². The number of amides is 1. The highest BCUT2D eigenvalue weighted by molar-refractivity contribution is 7.99. The first-order valence-electron chi connectivity index (χ1n) is 6.17. The van der Waals surface area contributed by atoms with Crippen LogP contribution in [0.2, 0.25) is 0 Å². The summed E-state index contributed by atoms with van der Waals surface area (Å²) in [6, 6.07) is 9.22. The Morgan fingerprint density at radius 3 is 2.50 bits per heavy atom. The van der Waals surface area contributed by atoms with Crippen LogP contribution >= 0.6 is 11.8 Å². The number of hydrogen-bond acceptors (Lipinski definition) is 4. The largest absolute Gasteiger partial charge is 0.480 e. The van der Waals surface area contributed by atoms with Crippen molar-refractivity contribution in [2.45, 2.75) is 24.1 Å². The van der Waals surface area contributed by atoms with Gasteiger partial charge >= 0.3 is 5.97 Å². The van der Waals surface area contributed by atoms with Crippen molar-refractivity contribution in [3.63, 3.8) is 0 Å². The van der Waals surface area contributed by atoms with Gasteiger partial charge in [0.1, 0.15) is 5.54 Å². The lowest BCUT2D eigenvalue weighted by atomic mass is 10.2. The molecule has 0 atom stereocenters. The van der Waals surface area contributed by atoms with Crippen LogP contribution < -0.4 is 5.32 Å². The fourth-order valence-corrected chi connectivity index (χ4v) is 2.55. The normalized spacial score (nSPS) is 15.2. The number of carboxylic acid groups (broad SMARTS) is 1. The third-order valence-electron chi connectivity index (χ3n) is 3.12. The third-order valence-corrected chi connectivity index (χ3v) is 4.13. The van der Waals surface area contributed by atoms with E-state index in [0.29, 0.717) is 24.2 Å². The molecule has 5 nitrogen and oxygen atoms in total. The van der Waals surface area contributed by atoms with Crippen LogP contribution in [0.4, 0.5) is 0 Å². The molecular formula is C14H14N2O3S. The maximum Gasteiger partial charge on any atom is 0.329 e. The van der Waals surface area contributed by atoms with Gasteiger partial charge in [-0.3, -0.25) is 4.79 Å². The lowest BCUT2D eigenvalue weighted by Crippen LogP contribution is -2.43. The lowest BCUT2D eigenvalue weighted by Gasteiger charge is -2.12. The van der Waals surface area contributed by atoms with E-state index in [-0.39, 0.29) is 11.7 Å². The second-order valence-electron chi connectivity index (χ2n) is 4.74. The molecule has 1 aliphatic carbocycles. The van der Waals surface area contributed by atoms with Gasteiger partial charge in [0.05, 0.1) is 17.4 Å². The van der Waals surface area contributed by atoms with Crippen LogP contribution in [0.1, 0.15) is 24.0 Å². The number of nitrogens with zero attached hydrogens (tertiary/aromatic N) is 1. The molecule has 2 N–H and O–H groups in total. The van der Waals surface area contributed by atoms with Crippen molar-refractivity contribution in [1.29, 1.82) is 5.26 Å². The molecule has 0 spiro atoms. The number of benzene rings is 1. The fourth-order valence-electron chi connectivity index (χ4n) is 1.76. The summed E-state index contributed by atoms with van der Waals surface area (Å²) in [5.74, 6) is -0.319. The van der Waals surface area contributed by atoms with Gasteiger partial charge in [-0.25, -0.2) is 4.79 Å². The topological polar surface area (TPSA) is 90.2 Å². The van der Waals surface area contributed by atoms with Crippen molar-refractivity contribution in [1.82, 2.24) is 5.32 Å². The van der Waals surface area contributed by atoms with E-state index >= 15 is 0 Å². The van der Waals surface area contributed by atoms with Gasteiger partial charge in [0.2, 0.25) is 5.91 Å². The maximum absolute atomic E-state index is 11.7. The molecular weight excluding hydrogens is 276 g/mol. The molecule has 20 heavy (non-hydrogen) atoms. The standard InChI is InChI=1S/C14H14N2O3S/c15-7-10-1-3-11(4-2-10)8-20-9-12(17)16-14(5-6-14)13(18)19/h1-4H,5-6,8-9H2,(H,16,17)(H,18,19). The fraction of sp³-hybridized carbons (Fsp3) is 0.357. The molecule has 6 heteroatoms. The van der Waals surface area contributed by atoms with Crippen molar-refractivity contribution in [3.05, 3.63) is 35.4 Å². The second-order valence-corrected chi connectivity index (χ2v) is 5.72. The average Bonchev–Trinajstić information content (AvgIpc) is 3.20. The molecule has 1 aromatic rings. The number of thioether (sulfide) groups is 1. The van der Waals surface area contributed by atoms with E-state index in [1.54, 1.807) is 12.1 Å². The zero-order chi connectivity index (χ0) is 14.6. The molecule has 1 amide bonds. The van der Waals surface area contributed by atoms with Gasteiger partial charge in [0.15, 0.2) is 0 Å². The predicted molar refractivity (Wildman–Crippen MR) is 75.1 cm³/mol. The molecule has 1 aromatic carbocycles. The first-order chi connectivity index (χ1) is 9.55. The number of carbonyl (C=O) groups excluding carboxylic acids is 1. The van der Waals surface area contributed by atoms with Crippen LogP contribution in [0.3, 0.4) is 0 Å². The first-order valence-corrected chi connectivity index (χ1v) is 7.32. The average molecular weight is 290 g/mol. The quantitative estimate of drug-likeness (QED) is 0.829. The summed E-state index contributed by atoms with van der Waals surface area (Å²) >= 11 is 1.42. The van der Waals surface area contributed by atoms with Crippen LogP contribution in [0.25, 0.3) is 0 Å². The van der Waals surface area contributed by atoms with Crippen molar-refractivity contribution in [2.24, 2.45) is 0 Å². The number of carboxylic acids is 1. The van der Waals surface area contributed by atoms with E-state index in [2.05, 4.69) is 5.32 Å². The van der Waals surface area contributed by atoms with E-state index in [0.717, 1.165) is 5.56 Å². The van der Waals surface area contributed by atoms with Crippen molar-refractivity contribution < 1.29 is 14.7 Å². The second kappa shape index (κ2) is 5.97. The number of nitriles is 1. The van der Waals surface area contributed by atoms with E-state index in [9.17, 15) is 9.59 Å². The highest BCUT2D eigenvalue weighted by Crippen LogP contribution is 2.35. The molecule has 1 fully saturated rings. The lowest BCUT2D eigenvalue weighted by molar-refractivity contribution is -0.142. The number of hydrogen-bond donors (Lipinski definition) is 2. The molecule has 0 aliphatic heterocycles. The summed E-state index contributed by atoms with van der Waals surface area (Å²) in [6.07, 6.45) is 1.02. The summed E-state index contributed by atoms with van der Waals surface area (Å²) in [7, 11) is 0. The van der Waals surface area contributed by atoms with Crippen LogP contribution in [0.15, 0.2) is 24.3 Å². The number of carbonyl (C=O) groups is 2. The van der Waals surface area contributed by atoms with Crippen molar-refractivity contribution in [3.8, 4) is 6.07 Å². The highest BCUT2D eigenvalue weighted by Gasteiger charge is 2.51. The number of aliphatic carboxylic acids is 1. The summed E-state index contributed by atoms with van der Waals surface area (Å²) in [6.45, 7) is 0. The summed E-state index contributed by atoms with van der Waals surface area (Å²) in [4.78, 5) is 22.6. The van der Waals surface area contributed by atoms with Gasteiger partial charge in [0, 0.05) is 5.75 Å². The van der Waals surface area contributed by atoms with Gasteiger partial charge in [-0.15, -0.1) is 11.8 Å². The van der Waals surface area contributed by atoms with Gasteiger partial charge in [-0.2, -0.15) is 5.26 Å². The Morgan fingerprint density at radius 2 is 2.00 bits per heavy atom. The molecule has 1 saturated carbocycles. The third kappa shape index (κ3) is 3.52. The zero-order valence-corrected chi connectivity index (χ0v) is 11.6. The number of rotatable bonds is 6. The minimum atomic E-state index is -1.01. The van der Waals surface area contributed by atoms with Crippen LogP contribution in [-0.4, -0.2) is 28.3 Å². The minimum absolute atomic E-state index is 0.231. The molecule has 0 aromatic heterocycles. The van der Waals surface area contributed by atoms with Crippen LogP contribution in [-0.2, 0) is 15.3 Å². The van der Waals surface area contributed by atoms with Crippen LogP contribution in [0, 0.1) is 11.3 Å². The van der Waals surface area contributed by atoms with E-state index < -0.39 is 11.5 Å². The molecule has 0 bridgehead atoms. The Bertz CT molecular complexity index is 559. The Labute approximate surface area is 121 Å². The van der Waals surface area contributed by atoms with E-state index in [1.165, 1.54) is 11.8 Å². The SMILES string of the molecule is N#Cc1ccc(CSCC(=O)NC2(C(=O)O)CC2)cc1. The smallest absolute Gasteiger partial charge is 0.329 e. The van der Waals surface area contributed by atoms with Gasteiger partial charge in [0.25, 0.3) is 0 Å². The van der Waals surface area contributed by atoms with E-state index in [1.807, 2.05) is 18.2 Å². The molecule has 1 aliphatic rings. The maximum atomic E-state index is 11.7. The highest BCUT2D eigenvalue weighted by atomic mass is 32.2. The van der Waals surface area contributed by atoms with Gasteiger partial charge in [-0.1, -0.05) is 12.1 Å². The monoisotopic (exact) mass is 290 g/mol. The van der Waals surface area contributed by atoms with Crippen LogP contribution in [0.5, 0.6) is 0 Å². The number of nitrogens with one attached hydrogen (secondary N) is 1. The molecule has 0 radical (unpaired) electrons. The summed E-state index contributed by atoms with van der Waals surface area (Å²) in [5.41, 5.74) is 0.626. The molecule has 0 saturated heterocycles. The summed E-state index contributed by atoms with van der Waals surface area (Å²) < 4.78 is 0. The predicted octanol–water partition coefficient (Wildman–Crippen LogP) is 1.52. The Kier molecular flexibility index (Phi) is 4.30. The van der Waals surface area contributed by atoms with Crippen molar-refractivity contribution in [2.75, 3.05) is 5.75 Å².